The molecular formula is C14H19N3O2. The van der Waals surface area contributed by atoms with Crippen molar-refractivity contribution >= 4 is 6.03 Å². The highest BCUT2D eigenvalue weighted by Crippen LogP contribution is 2.30. The van der Waals surface area contributed by atoms with E-state index in [-0.39, 0.29) is 12.1 Å². The van der Waals surface area contributed by atoms with Crippen molar-refractivity contribution in [2.75, 3.05) is 33.8 Å². The van der Waals surface area contributed by atoms with Crippen molar-refractivity contribution in [3.63, 3.8) is 0 Å². The quantitative estimate of drug-likeness (QED) is 0.885. The lowest BCUT2D eigenvalue weighted by Gasteiger charge is -2.34. The molecule has 19 heavy (non-hydrogen) atoms. The Bertz CT molecular complexity index is 470. The number of urea groups is 1. The van der Waals surface area contributed by atoms with Crippen LogP contribution < -0.4 is 10.1 Å². The number of carbonyl (C=O) groups is 1. The Morgan fingerprint density at radius 2 is 1.95 bits per heavy atom. The zero-order chi connectivity index (χ0) is 13.4. The number of amides is 2. The van der Waals surface area contributed by atoms with Crippen LogP contribution in [0.3, 0.4) is 0 Å². The van der Waals surface area contributed by atoms with Crippen LogP contribution in [0.25, 0.3) is 0 Å². The van der Waals surface area contributed by atoms with Crippen molar-refractivity contribution in [3.8, 4) is 5.75 Å². The Morgan fingerprint density at radius 1 is 1.26 bits per heavy atom. The van der Waals surface area contributed by atoms with E-state index in [2.05, 4.69) is 5.32 Å². The number of nitrogens with one attached hydrogen (secondary N) is 1. The van der Waals surface area contributed by atoms with Crippen molar-refractivity contribution in [1.29, 1.82) is 0 Å². The lowest BCUT2D eigenvalue weighted by atomic mass is 10.1. The molecule has 5 heteroatoms. The van der Waals surface area contributed by atoms with Crippen LogP contribution >= 0.6 is 0 Å². The van der Waals surface area contributed by atoms with Gasteiger partial charge in [-0.25, -0.2) is 4.79 Å². The summed E-state index contributed by atoms with van der Waals surface area (Å²) in [4.78, 5) is 16.1. The van der Waals surface area contributed by atoms with Gasteiger partial charge < -0.3 is 19.9 Å². The summed E-state index contributed by atoms with van der Waals surface area (Å²) < 4.78 is 5.17. The van der Waals surface area contributed by atoms with Crippen LogP contribution in [-0.4, -0.2) is 55.7 Å². The van der Waals surface area contributed by atoms with Gasteiger partial charge in [0, 0.05) is 26.7 Å². The van der Waals surface area contributed by atoms with E-state index in [1.54, 1.807) is 7.11 Å². The van der Waals surface area contributed by atoms with Gasteiger partial charge in [-0.15, -0.1) is 0 Å². The van der Waals surface area contributed by atoms with Gasteiger partial charge in [0.05, 0.1) is 19.2 Å². The average molecular weight is 261 g/mol. The number of nitrogens with zero attached hydrogens (tertiary/aromatic N) is 2. The molecule has 5 nitrogen and oxygen atoms in total. The first kappa shape index (κ1) is 12.3. The first-order valence-electron chi connectivity index (χ1n) is 6.59. The summed E-state index contributed by atoms with van der Waals surface area (Å²) in [5, 5.41) is 3.21. The van der Waals surface area contributed by atoms with Gasteiger partial charge >= 0.3 is 6.03 Å². The normalized spacial score (nSPS) is 23.7. The Hall–Kier alpha value is -1.75. The molecule has 2 aliphatic heterocycles. The molecule has 0 spiro atoms. The lowest BCUT2D eigenvalue weighted by molar-refractivity contribution is 0.162. The summed E-state index contributed by atoms with van der Waals surface area (Å²) in [6.45, 7) is 2.60. The monoisotopic (exact) mass is 261 g/mol. The number of ether oxygens (including phenoxy) is 1. The van der Waals surface area contributed by atoms with Crippen molar-refractivity contribution < 1.29 is 9.53 Å². The third-order valence-corrected chi connectivity index (χ3v) is 4.09. The Morgan fingerprint density at radius 3 is 2.47 bits per heavy atom. The highest BCUT2D eigenvalue weighted by Gasteiger charge is 2.40. The number of carbonyl (C=O) groups excluding carboxylic acids is 1. The molecule has 1 aromatic carbocycles. The summed E-state index contributed by atoms with van der Waals surface area (Å²) in [5.41, 5.74) is 1.16. The number of benzene rings is 1. The smallest absolute Gasteiger partial charge is 0.320 e. The molecule has 1 N–H and O–H groups in total. The maximum absolute atomic E-state index is 12.2. The second-order valence-electron chi connectivity index (χ2n) is 5.15. The molecule has 0 aliphatic carbocycles. The predicted molar refractivity (Wildman–Crippen MR) is 72.3 cm³/mol. The second kappa shape index (κ2) is 4.74. The van der Waals surface area contributed by atoms with Crippen LogP contribution in [0.4, 0.5) is 4.79 Å². The van der Waals surface area contributed by atoms with E-state index in [1.165, 1.54) is 0 Å². The van der Waals surface area contributed by atoms with Crippen molar-refractivity contribution in [1.82, 2.24) is 15.1 Å². The highest BCUT2D eigenvalue weighted by molar-refractivity contribution is 5.77. The topological polar surface area (TPSA) is 44.8 Å². The fraction of sp³-hybridized carbons (Fsp3) is 0.500. The first-order chi connectivity index (χ1) is 9.20. The third kappa shape index (κ3) is 2.04. The molecule has 0 aromatic heterocycles. The number of hydrogen-bond acceptors (Lipinski definition) is 3. The van der Waals surface area contributed by atoms with Crippen LogP contribution in [0, 0.1) is 0 Å². The molecule has 2 heterocycles. The summed E-state index contributed by atoms with van der Waals surface area (Å²) in [6, 6.07) is 8.60. The molecule has 3 rings (SSSR count). The number of likely N-dealkylation sites (N-methyl/N-ethyl adjacent to an activating group) is 1. The fourth-order valence-corrected chi connectivity index (χ4v) is 2.68. The summed E-state index contributed by atoms with van der Waals surface area (Å²) in [5.74, 6) is 0.843. The standard InChI is InChI=1S/C14H19N3O2/c1-16-13(10-3-5-12(19-2)6-4-10)9-17(14(16)18)11-7-15-8-11/h3-6,11,13,15H,7-9H2,1-2H3. The maximum atomic E-state index is 12.2. The minimum Gasteiger partial charge on any atom is -0.497 e. The van der Waals surface area contributed by atoms with Crippen LogP contribution in [0.1, 0.15) is 11.6 Å². The molecule has 0 bridgehead atoms. The largest absolute Gasteiger partial charge is 0.497 e. The van der Waals surface area contributed by atoms with E-state index in [9.17, 15) is 4.79 Å². The molecule has 1 atom stereocenters. The first-order valence-corrected chi connectivity index (χ1v) is 6.59. The van der Waals surface area contributed by atoms with Gasteiger partial charge in [0.1, 0.15) is 5.75 Å². The van der Waals surface area contributed by atoms with E-state index in [0.29, 0.717) is 6.04 Å². The number of hydrogen-bond donors (Lipinski definition) is 1. The van der Waals surface area contributed by atoms with Gasteiger partial charge in [-0.05, 0) is 17.7 Å². The van der Waals surface area contributed by atoms with Gasteiger partial charge in [-0.3, -0.25) is 0 Å². The maximum Gasteiger partial charge on any atom is 0.320 e. The van der Waals surface area contributed by atoms with Crippen LogP contribution in [0.15, 0.2) is 24.3 Å². The molecule has 2 fully saturated rings. The molecule has 102 valence electrons. The SMILES string of the molecule is COc1ccc(C2CN(C3CNC3)C(=O)N2C)cc1. The van der Waals surface area contributed by atoms with Gasteiger partial charge in [-0.1, -0.05) is 12.1 Å². The molecule has 1 aromatic rings. The number of methoxy groups -OCH3 is 1. The number of rotatable bonds is 3. The summed E-state index contributed by atoms with van der Waals surface area (Å²) in [6.07, 6.45) is 0. The van der Waals surface area contributed by atoms with Crippen molar-refractivity contribution in [2.24, 2.45) is 0 Å². The lowest BCUT2D eigenvalue weighted by Crippen LogP contribution is -2.57. The zero-order valence-corrected chi connectivity index (χ0v) is 11.3. The minimum atomic E-state index is 0.132. The summed E-state index contributed by atoms with van der Waals surface area (Å²) in [7, 11) is 3.54. The van der Waals surface area contributed by atoms with E-state index in [4.69, 9.17) is 4.74 Å². The Balaban J connectivity index is 1.78. The van der Waals surface area contributed by atoms with E-state index in [1.807, 2.05) is 41.1 Å². The van der Waals surface area contributed by atoms with Gasteiger partial charge in [0.15, 0.2) is 0 Å². The molecule has 2 amide bonds. The predicted octanol–water partition coefficient (Wildman–Crippen LogP) is 1.08. The van der Waals surface area contributed by atoms with E-state index >= 15 is 0 Å². The summed E-state index contributed by atoms with van der Waals surface area (Å²) >= 11 is 0. The Kier molecular flexibility index (Phi) is 3.06. The van der Waals surface area contributed by atoms with Gasteiger partial charge in [0.2, 0.25) is 0 Å². The molecule has 2 aliphatic rings. The highest BCUT2D eigenvalue weighted by atomic mass is 16.5. The van der Waals surface area contributed by atoms with Crippen molar-refractivity contribution in [2.45, 2.75) is 12.1 Å². The molecular weight excluding hydrogens is 242 g/mol. The van der Waals surface area contributed by atoms with Gasteiger partial charge in [-0.2, -0.15) is 0 Å². The molecule has 1 unspecified atom stereocenters. The second-order valence-corrected chi connectivity index (χ2v) is 5.15. The average Bonchev–Trinajstić information content (AvgIpc) is 2.66. The molecule has 0 saturated carbocycles. The molecule has 2 saturated heterocycles. The van der Waals surface area contributed by atoms with Crippen LogP contribution in [-0.2, 0) is 0 Å². The zero-order valence-electron chi connectivity index (χ0n) is 11.3. The molecule has 0 radical (unpaired) electrons. The Labute approximate surface area is 113 Å². The third-order valence-electron chi connectivity index (χ3n) is 4.09. The van der Waals surface area contributed by atoms with Crippen LogP contribution in [0.2, 0.25) is 0 Å². The fourth-order valence-electron chi connectivity index (χ4n) is 2.68. The van der Waals surface area contributed by atoms with E-state index < -0.39 is 0 Å². The van der Waals surface area contributed by atoms with Gasteiger partial charge in [0.25, 0.3) is 0 Å². The van der Waals surface area contributed by atoms with Crippen LogP contribution in [0.5, 0.6) is 5.75 Å². The van der Waals surface area contributed by atoms with E-state index in [0.717, 1.165) is 30.9 Å². The minimum absolute atomic E-state index is 0.132. The van der Waals surface area contributed by atoms with Crippen molar-refractivity contribution in [3.05, 3.63) is 29.8 Å².